The summed E-state index contributed by atoms with van der Waals surface area (Å²) in [5.74, 6) is 2.65. The van der Waals surface area contributed by atoms with E-state index in [1.807, 2.05) is 24.3 Å². The number of carbonyl (C=O) groups excluding carboxylic acids is 1. The summed E-state index contributed by atoms with van der Waals surface area (Å²) in [4.78, 5) is 16.9. The van der Waals surface area contributed by atoms with Crippen LogP contribution in [-0.4, -0.2) is 17.6 Å². The number of pyridine rings is 1. The molecule has 0 radical (unpaired) electrons. The smallest absolute Gasteiger partial charge is 0.343 e. The van der Waals surface area contributed by atoms with Crippen LogP contribution >= 0.6 is 0 Å². The van der Waals surface area contributed by atoms with Crippen LogP contribution < -0.4 is 9.47 Å². The van der Waals surface area contributed by atoms with Gasteiger partial charge in [0.2, 0.25) is 0 Å². The first kappa shape index (κ1) is 22.3. The van der Waals surface area contributed by atoms with Crippen LogP contribution in [0.15, 0.2) is 42.6 Å². The number of aromatic nitrogens is 1. The molecule has 0 aliphatic heterocycles. The predicted octanol–water partition coefficient (Wildman–Crippen LogP) is 6.63. The summed E-state index contributed by atoms with van der Waals surface area (Å²) in [5, 5.41) is 0. The van der Waals surface area contributed by atoms with Crippen molar-refractivity contribution in [3.8, 4) is 11.5 Å². The third-order valence-electron chi connectivity index (χ3n) is 6.22. The zero-order valence-electron chi connectivity index (χ0n) is 18.4. The van der Waals surface area contributed by atoms with Crippen LogP contribution in [-0.2, 0) is 6.42 Å². The molecule has 0 bridgehead atoms. The number of rotatable bonds is 10. The molecule has 162 valence electrons. The normalized spacial score (nSPS) is 18.7. The van der Waals surface area contributed by atoms with Crippen molar-refractivity contribution in [3.05, 3.63) is 53.9 Å². The largest absolute Gasteiger partial charge is 0.494 e. The Morgan fingerprint density at radius 3 is 2.30 bits per heavy atom. The molecule has 0 unspecified atom stereocenters. The second kappa shape index (κ2) is 11.7. The van der Waals surface area contributed by atoms with Gasteiger partial charge in [-0.1, -0.05) is 52.4 Å². The molecule has 4 heteroatoms. The molecule has 1 aromatic heterocycles. The predicted molar refractivity (Wildman–Crippen MR) is 120 cm³/mol. The maximum absolute atomic E-state index is 12.4. The lowest BCUT2D eigenvalue weighted by molar-refractivity contribution is 0.0734. The van der Waals surface area contributed by atoms with E-state index in [1.165, 1.54) is 38.5 Å². The summed E-state index contributed by atoms with van der Waals surface area (Å²) in [7, 11) is 0. The Morgan fingerprint density at radius 2 is 1.67 bits per heavy atom. The molecule has 1 saturated carbocycles. The minimum atomic E-state index is -0.377. The topological polar surface area (TPSA) is 48.4 Å². The van der Waals surface area contributed by atoms with E-state index in [4.69, 9.17) is 9.47 Å². The molecule has 1 aromatic carbocycles. The fourth-order valence-corrected chi connectivity index (χ4v) is 4.09. The van der Waals surface area contributed by atoms with E-state index in [0.717, 1.165) is 42.5 Å². The van der Waals surface area contributed by atoms with Gasteiger partial charge in [-0.05, 0) is 67.5 Å². The molecule has 0 amide bonds. The lowest BCUT2D eigenvalue weighted by atomic mass is 9.79. The summed E-state index contributed by atoms with van der Waals surface area (Å²) in [6.45, 7) is 5.13. The summed E-state index contributed by atoms with van der Waals surface area (Å²) in [6, 6.07) is 10.9. The number of hydrogen-bond acceptors (Lipinski definition) is 4. The zero-order chi connectivity index (χ0) is 21.2. The molecule has 1 heterocycles. The third-order valence-corrected chi connectivity index (χ3v) is 6.22. The van der Waals surface area contributed by atoms with Gasteiger partial charge in [0.1, 0.15) is 11.5 Å². The van der Waals surface area contributed by atoms with Gasteiger partial charge in [0.25, 0.3) is 0 Å². The van der Waals surface area contributed by atoms with Crippen molar-refractivity contribution in [2.24, 2.45) is 11.8 Å². The van der Waals surface area contributed by atoms with E-state index in [2.05, 4.69) is 18.8 Å². The number of hydrogen-bond donors (Lipinski definition) is 0. The van der Waals surface area contributed by atoms with Crippen molar-refractivity contribution in [2.75, 3.05) is 6.61 Å². The molecular formula is C26H35NO3. The second-order valence-electron chi connectivity index (χ2n) is 8.43. The summed E-state index contributed by atoms with van der Waals surface area (Å²) >= 11 is 0. The Labute approximate surface area is 181 Å². The van der Waals surface area contributed by atoms with Gasteiger partial charge in [0.05, 0.1) is 18.4 Å². The highest BCUT2D eigenvalue weighted by Crippen LogP contribution is 2.33. The fourth-order valence-electron chi connectivity index (χ4n) is 4.09. The van der Waals surface area contributed by atoms with Crippen molar-refractivity contribution < 1.29 is 14.3 Å². The van der Waals surface area contributed by atoms with Gasteiger partial charge in [-0.15, -0.1) is 0 Å². The summed E-state index contributed by atoms with van der Waals surface area (Å²) in [6.07, 6.45) is 12.8. The maximum Gasteiger partial charge on any atom is 0.343 e. The van der Waals surface area contributed by atoms with E-state index >= 15 is 0 Å². The van der Waals surface area contributed by atoms with Gasteiger partial charge in [-0.2, -0.15) is 0 Å². The van der Waals surface area contributed by atoms with Crippen molar-refractivity contribution in [3.63, 3.8) is 0 Å². The Hall–Kier alpha value is -2.36. The molecule has 0 spiro atoms. The van der Waals surface area contributed by atoms with Crippen LogP contribution in [0.3, 0.4) is 0 Å². The number of benzene rings is 1. The van der Waals surface area contributed by atoms with Crippen LogP contribution in [0.5, 0.6) is 11.5 Å². The average Bonchev–Trinajstić information content (AvgIpc) is 2.79. The first-order valence-electron chi connectivity index (χ1n) is 11.6. The first-order chi connectivity index (χ1) is 14.7. The highest BCUT2D eigenvalue weighted by Gasteiger charge is 2.19. The summed E-state index contributed by atoms with van der Waals surface area (Å²) in [5.41, 5.74) is 1.57. The highest BCUT2D eigenvalue weighted by molar-refractivity contribution is 5.91. The first-order valence-corrected chi connectivity index (χ1v) is 11.6. The monoisotopic (exact) mass is 409 g/mol. The van der Waals surface area contributed by atoms with Crippen LogP contribution in [0.25, 0.3) is 0 Å². The molecular weight excluding hydrogens is 374 g/mol. The van der Waals surface area contributed by atoms with E-state index in [9.17, 15) is 4.79 Å². The number of carbonyl (C=O) groups is 1. The van der Waals surface area contributed by atoms with Crippen LogP contribution in [0, 0.1) is 11.8 Å². The number of esters is 1. The standard InChI is InChI=1S/C26H35NO3/c1-3-5-18-29-24-15-11-22(12-16-24)26(28)30-25-17-14-23(27-19-25)13-10-21-8-6-20(4-2)7-9-21/h11-12,14-17,19-21H,3-10,13,18H2,1-2H3/t20-,21-. The Kier molecular flexibility index (Phi) is 8.73. The van der Waals surface area contributed by atoms with E-state index in [-0.39, 0.29) is 5.97 Å². The third kappa shape index (κ3) is 6.86. The second-order valence-corrected chi connectivity index (χ2v) is 8.43. The highest BCUT2D eigenvalue weighted by atomic mass is 16.5. The van der Waals surface area contributed by atoms with Crippen molar-refractivity contribution in [2.45, 2.75) is 71.6 Å². The Bertz CT molecular complexity index is 762. The Balaban J connectivity index is 1.44. The molecule has 30 heavy (non-hydrogen) atoms. The molecule has 4 nitrogen and oxygen atoms in total. The molecule has 1 fully saturated rings. The van der Waals surface area contributed by atoms with Crippen molar-refractivity contribution in [1.29, 1.82) is 0 Å². The van der Waals surface area contributed by atoms with Crippen LogP contribution in [0.4, 0.5) is 0 Å². The lowest BCUT2D eigenvalue weighted by Gasteiger charge is -2.27. The SMILES string of the molecule is CCCCOc1ccc(C(=O)Oc2ccc(CC[C@H]3CC[C@H](CC)CC3)nc2)cc1. The number of aryl methyl sites for hydroxylation is 1. The molecule has 3 rings (SSSR count). The fraction of sp³-hybridized carbons (Fsp3) is 0.538. The lowest BCUT2D eigenvalue weighted by Crippen LogP contribution is -2.14. The number of ether oxygens (including phenoxy) is 2. The van der Waals surface area contributed by atoms with E-state index < -0.39 is 0 Å². The van der Waals surface area contributed by atoms with Crippen molar-refractivity contribution in [1.82, 2.24) is 4.98 Å². The minimum absolute atomic E-state index is 0.377. The Morgan fingerprint density at radius 1 is 0.967 bits per heavy atom. The van der Waals surface area contributed by atoms with Gasteiger partial charge in [-0.3, -0.25) is 4.98 Å². The van der Waals surface area contributed by atoms with Gasteiger partial charge in [0, 0.05) is 5.69 Å². The molecule has 0 saturated heterocycles. The number of nitrogens with zero attached hydrogens (tertiary/aromatic N) is 1. The van der Waals surface area contributed by atoms with Crippen LogP contribution in [0.1, 0.15) is 81.3 Å². The quantitative estimate of drug-likeness (QED) is 0.326. The minimum Gasteiger partial charge on any atom is -0.494 e. The maximum atomic E-state index is 12.4. The molecule has 0 N–H and O–H groups in total. The molecule has 2 aromatic rings. The van der Waals surface area contributed by atoms with E-state index in [1.54, 1.807) is 18.3 Å². The average molecular weight is 410 g/mol. The van der Waals surface area contributed by atoms with Gasteiger partial charge >= 0.3 is 5.97 Å². The van der Waals surface area contributed by atoms with Gasteiger partial charge in [0.15, 0.2) is 0 Å². The molecule has 1 aliphatic rings. The zero-order valence-corrected chi connectivity index (χ0v) is 18.4. The van der Waals surface area contributed by atoms with Crippen LogP contribution in [0.2, 0.25) is 0 Å². The van der Waals surface area contributed by atoms with E-state index in [0.29, 0.717) is 17.9 Å². The molecule has 0 atom stereocenters. The number of unbranched alkanes of at least 4 members (excludes halogenated alkanes) is 1. The molecule has 1 aliphatic carbocycles. The summed E-state index contributed by atoms with van der Waals surface area (Å²) < 4.78 is 11.1. The van der Waals surface area contributed by atoms with Gasteiger partial charge in [-0.25, -0.2) is 4.79 Å². The van der Waals surface area contributed by atoms with Gasteiger partial charge < -0.3 is 9.47 Å². The van der Waals surface area contributed by atoms with Crippen molar-refractivity contribution >= 4 is 5.97 Å².